The number of carbonyl (C=O) groups is 1. The van der Waals surface area contributed by atoms with Crippen molar-refractivity contribution in [3.63, 3.8) is 0 Å². The summed E-state index contributed by atoms with van der Waals surface area (Å²) in [6.45, 7) is 0. The molecule has 6 heteroatoms. The van der Waals surface area contributed by atoms with Crippen LogP contribution in [0.5, 0.6) is 11.5 Å². The number of pyridine rings is 1. The zero-order chi connectivity index (χ0) is 13.1. The second kappa shape index (κ2) is 5.14. The zero-order valence-corrected chi connectivity index (χ0v) is 10.5. The number of halogens is 2. The van der Waals surface area contributed by atoms with E-state index >= 15 is 0 Å². The van der Waals surface area contributed by atoms with Crippen LogP contribution in [0.15, 0.2) is 41.1 Å². The number of ether oxygens (including phenoxy) is 1. The third-order valence-electron chi connectivity index (χ3n) is 2.09. The van der Waals surface area contributed by atoms with Gasteiger partial charge in [-0.05, 0) is 40.2 Å². The predicted octanol–water partition coefficient (Wildman–Crippen LogP) is 3.47. The molecule has 0 spiro atoms. The number of carboxylic acids is 1. The van der Waals surface area contributed by atoms with Gasteiger partial charge in [-0.2, -0.15) is 0 Å². The van der Waals surface area contributed by atoms with E-state index < -0.39 is 11.8 Å². The fourth-order valence-electron chi connectivity index (χ4n) is 1.29. The van der Waals surface area contributed by atoms with E-state index in [1.54, 1.807) is 12.3 Å². The van der Waals surface area contributed by atoms with Crippen molar-refractivity contribution >= 4 is 21.9 Å². The van der Waals surface area contributed by atoms with Gasteiger partial charge >= 0.3 is 5.97 Å². The summed E-state index contributed by atoms with van der Waals surface area (Å²) in [6.07, 6.45) is 2.99. The first-order valence-electron chi connectivity index (χ1n) is 4.87. The summed E-state index contributed by atoms with van der Waals surface area (Å²) in [4.78, 5) is 14.5. The topological polar surface area (TPSA) is 59.4 Å². The van der Waals surface area contributed by atoms with E-state index in [9.17, 15) is 9.18 Å². The Kier molecular flexibility index (Phi) is 3.57. The van der Waals surface area contributed by atoms with Crippen LogP contribution in [0, 0.1) is 5.82 Å². The Morgan fingerprint density at radius 3 is 2.72 bits per heavy atom. The second-order valence-corrected chi connectivity index (χ2v) is 4.31. The van der Waals surface area contributed by atoms with Gasteiger partial charge in [0.1, 0.15) is 5.75 Å². The van der Waals surface area contributed by atoms with Gasteiger partial charge in [-0.25, -0.2) is 9.18 Å². The van der Waals surface area contributed by atoms with Gasteiger partial charge in [-0.3, -0.25) is 4.98 Å². The number of rotatable bonds is 3. The Labute approximate surface area is 110 Å². The molecular formula is C12H7BrFNO3. The lowest BCUT2D eigenvalue weighted by molar-refractivity contribution is 0.0696. The number of nitrogens with zero attached hydrogens (tertiary/aromatic N) is 1. The van der Waals surface area contributed by atoms with Gasteiger partial charge in [-0.1, -0.05) is 0 Å². The van der Waals surface area contributed by atoms with Crippen molar-refractivity contribution in [2.75, 3.05) is 0 Å². The predicted molar refractivity (Wildman–Crippen MR) is 65.4 cm³/mol. The normalized spacial score (nSPS) is 10.1. The molecule has 0 bridgehead atoms. The first-order chi connectivity index (χ1) is 8.56. The van der Waals surface area contributed by atoms with Crippen LogP contribution in [-0.2, 0) is 0 Å². The summed E-state index contributed by atoms with van der Waals surface area (Å²) >= 11 is 3.21. The van der Waals surface area contributed by atoms with Crippen molar-refractivity contribution in [1.29, 1.82) is 0 Å². The molecule has 0 unspecified atom stereocenters. The molecule has 0 radical (unpaired) electrons. The van der Waals surface area contributed by atoms with Crippen molar-refractivity contribution in [3.8, 4) is 11.5 Å². The zero-order valence-electron chi connectivity index (χ0n) is 8.93. The molecule has 18 heavy (non-hydrogen) atoms. The van der Waals surface area contributed by atoms with Crippen LogP contribution >= 0.6 is 15.9 Å². The average Bonchev–Trinajstić information content (AvgIpc) is 2.31. The SMILES string of the molecule is O=C(O)c1ccc(Oc2cncc(Br)c2)c(F)c1. The van der Waals surface area contributed by atoms with Gasteiger partial charge < -0.3 is 9.84 Å². The number of aromatic carboxylic acids is 1. The lowest BCUT2D eigenvalue weighted by Crippen LogP contribution is -1.98. The first kappa shape index (κ1) is 12.5. The van der Waals surface area contributed by atoms with Gasteiger partial charge in [0, 0.05) is 10.7 Å². The lowest BCUT2D eigenvalue weighted by Gasteiger charge is -2.07. The van der Waals surface area contributed by atoms with Crippen LogP contribution in [0.25, 0.3) is 0 Å². The van der Waals surface area contributed by atoms with Crippen molar-refractivity contribution in [3.05, 3.63) is 52.5 Å². The molecule has 4 nitrogen and oxygen atoms in total. The van der Waals surface area contributed by atoms with Gasteiger partial charge in [0.25, 0.3) is 0 Å². The van der Waals surface area contributed by atoms with Crippen LogP contribution in [0.4, 0.5) is 4.39 Å². The highest BCUT2D eigenvalue weighted by molar-refractivity contribution is 9.10. The first-order valence-corrected chi connectivity index (χ1v) is 5.67. The second-order valence-electron chi connectivity index (χ2n) is 3.39. The Hall–Kier alpha value is -1.95. The molecule has 1 aromatic carbocycles. The van der Waals surface area contributed by atoms with E-state index in [0.29, 0.717) is 10.2 Å². The van der Waals surface area contributed by atoms with Crippen LogP contribution in [0.3, 0.4) is 0 Å². The highest BCUT2D eigenvalue weighted by Gasteiger charge is 2.10. The average molecular weight is 312 g/mol. The van der Waals surface area contributed by atoms with E-state index in [-0.39, 0.29) is 11.3 Å². The van der Waals surface area contributed by atoms with Gasteiger partial charge in [0.05, 0.1) is 11.8 Å². The van der Waals surface area contributed by atoms with Crippen LogP contribution in [-0.4, -0.2) is 16.1 Å². The molecule has 0 amide bonds. The Bertz CT molecular complexity index is 604. The van der Waals surface area contributed by atoms with Crippen LogP contribution < -0.4 is 4.74 Å². The highest BCUT2D eigenvalue weighted by Crippen LogP contribution is 2.26. The molecule has 0 fully saturated rings. The molecule has 1 N–H and O–H groups in total. The molecule has 1 heterocycles. The standard InChI is InChI=1S/C12H7BrFNO3/c13-8-4-9(6-15-5-8)18-11-2-1-7(12(16)17)3-10(11)14/h1-6H,(H,16,17). The molecule has 92 valence electrons. The third kappa shape index (κ3) is 2.84. The Morgan fingerprint density at radius 1 is 1.33 bits per heavy atom. The van der Waals surface area contributed by atoms with E-state index in [2.05, 4.69) is 20.9 Å². The summed E-state index contributed by atoms with van der Waals surface area (Å²) in [5.74, 6) is -1.63. The van der Waals surface area contributed by atoms with E-state index in [4.69, 9.17) is 9.84 Å². The lowest BCUT2D eigenvalue weighted by atomic mass is 10.2. The quantitative estimate of drug-likeness (QED) is 0.943. The molecular weight excluding hydrogens is 305 g/mol. The maximum absolute atomic E-state index is 13.6. The molecule has 0 atom stereocenters. The monoisotopic (exact) mass is 311 g/mol. The molecule has 0 aliphatic rings. The van der Waals surface area contributed by atoms with Crippen LogP contribution in [0.1, 0.15) is 10.4 Å². The van der Waals surface area contributed by atoms with E-state index in [1.165, 1.54) is 18.3 Å². The van der Waals surface area contributed by atoms with Gasteiger partial charge in [0.15, 0.2) is 11.6 Å². The highest BCUT2D eigenvalue weighted by atomic mass is 79.9. The number of hydrogen-bond donors (Lipinski definition) is 1. The van der Waals surface area contributed by atoms with E-state index in [0.717, 1.165) is 6.07 Å². The number of aromatic nitrogens is 1. The summed E-state index contributed by atoms with van der Waals surface area (Å²) < 4.78 is 19.5. The van der Waals surface area contributed by atoms with Crippen molar-refractivity contribution in [2.45, 2.75) is 0 Å². The number of carboxylic acid groups (broad SMARTS) is 1. The minimum absolute atomic E-state index is 0.0556. The summed E-state index contributed by atoms with van der Waals surface area (Å²) in [5, 5.41) is 8.70. The van der Waals surface area contributed by atoms with Gasteiger partial charge in [0.2, 0.25) is 0 Å². The third-order valence-corrected chi connectivity index (χ3v) is 2.52. The maximum atomic E-state index is 13.6. The summed E-state index contributed by atoms with van der Waals surface area (Å²) in [6, 6.07) is 5.06. The number of benzene rings is 1. The maximum Gasteiger partial charge on any atom is 0.335 e. The van der Waals surface area contributed by atoms with Crippen LogP contribution in [0.2, 0.25) is 0 Å². The van der Waals surface area contributed by atoms with E-state index in [1.807, 2.05) is 0 Å². The summed E-state index contributed by atoms with van der Waals surface area (Å²) in [7, 11) is 0. The summed E-state index contributed by atoms with van der Waals surface area (Å²) in [5.41, 5.74) is -0.132. The van der Waals surface area contributed by atoms with Crippen molar-refractivity contribution in [1.82, 2.24) is 4.98 Å². The van der Waals surface area contributed by atoms with Crippen molar-refractivity contribution in [2.24, 2.45) is 0 Å². The Morgan fingerprint density at radius 2 is 2.11 bits per heavy atom. The molecule has 2 aromatic rings. The molecule has 0 saturated carbocycles. The molecule has 1 aromatic heterocycles. The largest absolute Gasteiger partial charge is 0.478 e. The van der Waals surface area contributed by atoms with Gasteiger partial charge in [-0.15, -0.1) is 0 Å². The Balaban J connectivity index is 2.27. The van der Waals surface area contributed by atoms with Crippen molar-refractivity contribution < 1.29 is 19.0 Å². The molecule has 2 rings (SSSR count). The molecule has 0 saturated heterocycles. The minimum Gasteiger partial charge on any atom is -0.478 e. The fourth-order valence-corrected chi connectivity index (χ4v) is 1.64. The molecule has 0 aliphatic heterocycles. The molecule has 0 aliphatic carbocycles. The minimum atomic E-state index is -1.19. The number of hydrogen-bond acceptors (Lipinski definition) is 3. The smallest absolute Gasteiger partial charge is 0.335 e. The fraction of sp³-hybridized carbons (Fsp3) is 0.